The van der Waals surface area contributed by atoms with Gasteiger partial charge in [0.15, 0.2) is 0 Å². The van der Waals surface area contributed by atoms with Crippen molar-refractivity contribution in [2.24, 2.45) is 5.41 Å². The fourth-order valence-corrected chi connectivity index (χ4v) is 4.37. The van der Waals surface area contributed by atoms with Crippen LogP contribution in [0.4, 0.5) is 5.69 Å². The monoisotopic (exact) mass is 346 g/mol. The van der Waals surface area contributed by atoms with Gasteiger partial charge in [0, 0.05) is 37.4 Å². The highest BCUT2D eigenvalue weighted by Crippen LogP contribution is 2.56. The van der Waals surface area contributed by atoms with E-state index in [0.717, 1.165) is 5.41 Å². The van der Waals surface area contributed by atoms with Crippen LogP contribution in [0.3, 0.4) is 0 Å². The van der Waals surface area contributed by atoms with Crippen molar-refractivity contribution in [2.45, 2.75) is 45.4 Å². The number of nitrogens with zero attached hydrogens (tertiary/aromatic N) is 2. The van der Waals surface area contributed by atoms with Gasteiger partial charge in [0.1, 0.15) is 0 Å². The van der Waals surface area contributed by atoms with E-state index in [0.29, 0.717) is 0 Å². The quantitative estimate of drug-likeness (QED) is 0.758. The lowest BCUT2D eigenvalue weighted by Crippen LogP contribution is -2.46. The Kier molecular flexibility index (Phi) is 5.56. The Morgan fingerprint density at radius 1 is 1.00 bits per heavy atom. The number of hydrogen-bond donors (Lipinski definition) is 0. The highest BCUT2D eigenvalue weighted by molar-refractivity contribution is 5.85. The Labute approximate surface area is 153 Å². The van der Waals surface area contributed by atoms with Crippen molar-refractivity contribution >= 4 is 23.7 Å². The number of piperazine rings is 1. The number of hydrogen-bond acceptors (Lipinski definition) is 2. The Hall–Kier alpha value is -0.990. The lowest BCUT2D eigenvalue weighted by molar-refractivity contribution is 0.258. The van der Waals surface area contributed by atoms with E-state index in [-0.39, 0.29) is 12.4 Å². The molecule has 1 saturated carbocycles. The largest absolute Gasteiger partial charge is 0.368 e. The molecule has 1 aliphatic heterocycles. The zero-order chi connectivity index (χ0) is 15.7. The van der Waals surface area contributed by atoms with E-state index in [2.05, 4.69) is 47.1 Å². The number of anilines is 1. The average molecular weight is 347 g/mol. The second kappa shape index (κ2) is 7.49. The van der Waals surface area contributed by atoms with E-state index >= 15 is 0 Å². The van der Waals surface area contributed by atoms with E-state index in [1.807, 2.05) is 0 Å². The van der Waals surface area contributed by atoms with Crippen molar-refractivity contribution in [3.05, 3.63) is 35.9 Å². The average Bonchev–Trinajstić information content (AvgIpc) is 3.36. The SMILES string of the molecule is CCCN1CCN(c2ccccc2C2=CCC3(CC2)CC3)CC1.Cl. The maximum absolute atomic E-state index is 2.61. The summed E-state index contributed by atoms with van der Waals surface area (Å²) >= 11 is 0. The van der Waals surface area contributed by atoms with E-state index in [4.69, 9.17) is 0 Å². The first-order chi connectivity index (χ1) is 11.3. The van der Waals surface area contributed by atoms with Crippen molar-refractivity contribution in [1.82, 2.24) is 4.90 Å². The molecule has 0 aromatic heterocycles. The molecule has 0 unspecified atom stereocenters. The maximum Gasteiger partial charge on any atom is 0.0443 e. The summed E-state index contributed by atoms with van der Waals surface area (Å²) in [6.07, 6.45) is 10.8. The van der Waals surface area contributed by atoms with Crippen LogP contribution >= 0.6 is 12.4 Å². The maximum atomic E-state index is 2.61. The molecule has 2 fully saturated rings. The van der Waals surface area contributed by atoms with E-state index < -0.39 is 0 Å². The summed E-state index contributed by atoms with van der Waals surface area (Å²) in [4.78, 5) is 5.22. The summed E-state index contributed by atoms with van der Waals surface area (Å²) < 4.78 is 0. The predicted molar refractivity (Wildman–Crippen MR) is 106 cm³/mol. The molecule has 2 nitrogen and oxygen atoms in total. The molecule has 1 aromatic rings. The molecule has 1 heterocycles. The highest BCUT2D eigenvalue weighted by Gasteiger charge is 2.42. The number of rotatable bonds is 4. The summed E-state index contributed by atoms with van der Waals surface area (Å²) in [7, 11) is 0. The van der Waals surface area contributed by atoms with E-state index in [1.165, 1.54) is 82.5 Å². The van der Waals surface area contributed by atoms with Gasteiger partial charge in [-0.05, 0) is 62.1 Å². The standard InChI is InChI=1S/C21H30N2.ClH/c1-2-13-22-14-16-23(17-15-22)20-6-4-3-5-19(20)18-7-9-21(10-8-18)11-12-21;/h3-7H,2,8-17H2,1H3;1H. The van der Waals surface area contributed by atoms with Crippen LogP contribution in [-0.2, 0) is 0 Å². The van der Waals surface area contributed by atoms with Crippen LogP contribution in [0.5, 0.6) is 0 Å². The third-order valence-corrected chi connectivity index (χ3v) is 6.17. The second-order valence-corrected chi connectivity index (χ2v) is 7.78. The van der Waals surface area contributed by atoms with Crippen molar-refractivity contribution in [2.75, 3.05) is 37.6 Å². The predicted octanol–water partition coefficient (Wildman–Crippen LogP) is 4.99. The molecular weight excluding hydrogens is 316 g/mol. The van der Waals surface area contributed by atoms with E-state index in [1.54, 1.807) is 5.57 Å². The van der Waals surface area contributed by atoms with Gasteiger partial charge in [0.2, 0.25) is 0 Å². The minimum absolute atomic E-state index is 0. The van der Waals surface area contributed by atoms with Crippen LogP contribution in [0.1, 0.15) is 51.0 Å². The molecular formula is C21H31ClN2. The first-order valence-electron chi connectivity index (χ1n) is 9.55. The van der Waals surface area contributed by atoms with Crippen molar-refractivity contribution in [3.8, 4) is 0 Å². The van der Waals surface area contributed by atoms with Gasteiger partial charge in [-0.2, -0.15) is 0 Å². The zero-order valence-electron chi connectivity index (χ0n) is 15.0. The smallest absolute Gasteiger partial charge is 0.0443 e. The van der Waals surface area contributed by atoms with Gasteiger partial charge in [-0.3, -0.25) is 4.90 Å². The second-order valence-electron chi connectivity index (χ2n) is 7.78. The molecule has 0 amide bonds. The molecule has 0 radical (unpaired) electrons. The van der Waals surface area contributed by atoms with Gasteiger partial charge >= 0.3 is 0 Å². The summed E-state index contributed by atoms with van der Waals surface area (Å²) in [6, 6.07) is 9.12. The van der Waals surface area contributed by atoms with Crippen LogP contribution in [0.2, 0.25) is 0 Å². The fourth-order valence-electron chi connectivity index (χ4n) is 4.37. The Morgan fingerprint density at radius 3 is 2.38 bits per heavy atom. The lowest BCUT2D eigenvalue weighted by atomic mass is 9.84. The minimum Gasteiger partial charge on any atom is -0.368 e. The molecule has 24 heavy (non-hydrogen) atoms. The first-order valence-corrected chi connectivity index (χ1v) is 9.55. The summed E-state index contributed by atoms with van der Waals surface area (Å²) in [5, 5.41) is 0. The molecule has 1 spiro atoms. The fraction of sp³-hybridized carbons (Fsp3) is 0.619. The Bertz CT molecular complexity index is 583. The van der Waals surface area contributed by atoms with Gasteiger partial charge in [-0.15, -0.1) is 12.4 Å². The molecule has 0 bridgehead atoms. The van der Waals surface area contributed by atoms with Gasteiger partial charge in [-0.1, -0.05) is 31.2 Å². The number of benzene rings is 1. The van der Waals surface area contributed by atoms with Crippen molar-refractivity contribution in [3.63, 3.8) is 0 Å². The first kappa shape index (κ1) is 17.8. The minimum atomic E-state index is 0. The molecule has 0 N–H and O–H groups in total. The number of allylic oxidation sites excluding steroid dienone is 2. The summed E-state index contributed by atoms with van der Waals surface area (Å²) in [5.74, 6) is 0. The Morgan fingerprint density at radius 2 is 1.75 bits per heavy atom. The zero-order valence-corrected chi connectivity index (χ0v) is 15.8. The van der Waals surface area contributed by atoms with Gasteiger partial charge in [0.05, 0.1) is 0 Å². The molecule has 132 valence electrons. The van der Waals surface area contributed by atoms with Crippen LogP contribution in [-0.4, -0.2) is 37.6 Å². The van der Waals surface area contributed by atoms with Crippen LogP contribution in [0, 0.1) is 5.41 Å². The topological polar surface area (TPSA) is 6.48 Å². The summed E-state index contributed by atoms with van der Waals surface area (Å²) in [6.45, 7) is 8.31. The number of para-hydroxylation sites is 1. The third-order valence-electron chi connectivity index (χ3n) is 6.17. The molecule has 3 heteroatoms. The molecule has 4 rings (SSSR count). The molecule has 2 aliphatic carbocycles. The van der Waals surface area contributed by atoms with Gasteiger partial charge in [0.25, 0.3) is 0 Å². The lowest BCUT2D eigenvalue weighted by Gasteiger charge is -2.37. The molecule has 3 aliphatic rings. The number of halogens is 1. The van der Waals surface area contributed by atoms with Gasteiger partial charge < -0.3 is 4.90 Å². The van der Waals surface area contributed by atoms with E-state index in [9.17, 15) is 0 Å². The molecule has 1 aromatic carbocycles. The Balaban J connectivity index is 0.00000169. The van der Waals surface area contributed by atoms with Crippen LogP contribution in [0.15, 0.2) is 30.3 Å². The van der Waals surface area contributed by atoms with Crippen molar-refractivity contribution < 1.29 is 0 Å². The third kappa shape index (κ3) is 3.65. The summed E-state index contributed by atoms with van der Waals surface area (Å²) in [5.41, 5.74) is 5.31. The van der Waals surface area contributed by atoms with Crippen LogP contribution in [0.25, 0.3) is 5.57 Å². The highest BCUT2D eigenvalue weighted by atomic mass is 35.5. The molecule has 0 atom stereocenters. The van der Waals surface area contributed by atoms with Crippen LogP contribution < -0.4 is 4.90 Å². The normalized spacial score (nSPS) is 22.9. The van der Waals surface area contributed by atoms with Crippen molar-refractivity contribution in [1.29, 1.82) is 0 Å². The van der Waals surface area contributed by atoms with Gasteiger partial charge in [-0.25, -0.2) is 0 Å². The molecule has 1 saturated heterocycles.